The van der Waals surface area contributed by atoms with Crippen LogP contribution in [0.2, 0.25) is 0 Å². The summed E-state index contributed by atoms with van der Waals surface area (Å²) in [6.07, 6.45) is 2.17. The quantitative estimate of drug-likeness (QED) is 0.807. The lowest BCUT2D eigenvalue weighted by atomic mass is 9.89. The summed E-state index contributed by atoms with van der Waals surface area (Å²) >= 11 is 0. The van der Waals surface area contributed by atoms with Crippen LogP contribution in [0.5, 0.6) is 0 Å². The topological polar surface area (TPSA) is 43.8 Å². The molecule has 0 spiro atoms. The highest BCUT2D eigenvalue weighted by Crippen LogP contribution is 2.21. The molecule has 0 radical (unpaired) electrons. The maximum Gasteiger partial charge on any atom is 0.105 e. The van der Waals surface area contributed by atoms with Crippen LogP contribution >= 0.6 is 0 Å². The molecule has 0 aliphatic carbocycles. The van der Waals surface area contributed by atoms with Gasteiger partial charge in [0, 0.05) is 24.9 Å². The first-order valence-electron chi connectivity index (χ1n) is 5.87. The molecule has 4 heteroatoms. The first-order chi connectivity index (χ1) is 7.56. The number of alkyl halides is 1. The summed E-state index contributed by atoms with van der Waals surface area (Å²) in [5.74, 6) is 0.264. The average Bonchev–Trinajstić information content (AvgIpc) is 2.61. The van der Waals surface area contributed by atoms with Crippen molar-refractivity contribution in [3.8, 4) is 0 Å². The summed E-state index contributed by atoms with van der Waals surface area (Å²) < 4.78 is 15.7. The number of aryl methyl sites for hydroxylation is 2. The summed E-state index contributed by atoms with van der Waals surface area (Å²) in [5, 5.41) is 4.06. The zero-order valence-electron chi connectivity index (χ0n) is 10.4. The second-order valence-corrected chi connectivity index (χ2v) is 4.64. The molecule has 16 heavy (non-hydrogen) atoms. The number of halogens is 1. The van der Waals surface area contributed by atoms with E-state index >= 15 is 0 Å². The molecular weight excluding hydrogens is 205 g/mol. The van der Waals surface area contributed by atoms with E-state index in [1.165, 1.54) is 0 Å². The fraction of sp³-hybridized carbons (Fsp3) is 0.750. The second kappa shape index (κ2) is 5.99. The second-order valence-electron chi connectivity index (χ2n) is 4.64. The van der Waals surface area contributed by atoms with Gasteiger partial charge in [-0.2, -0.15) is 5.10 Å². The molecule has 0 saturated heterocycles. The van der Waals surface area contributed by atoms with Crippen LogP contribution in [-0.4, -0.2) is 22.5 Å². The lowest BCUT2D eigenvalue weighted by Crippen LogP contribution is -2.29. The molecule has 3 nitrogen and oxygen atoms in total. The normalized spacial score (nSPS) is 15.4. The Hall–Kier alpha value is -0.900. The highest BCUT2D eigenvalue weighted by atomic mass is 19.1. The van der Waals surface area contributed by atoms with Gasteiger partial charge < -0.3 is 5.73 Å². The van der Waals surface area contributed by atoms with Gasteiger partial charge in [-0.15, -0.1) is 0 Å². The zero-order valence-corrected chi connectivity index (χ0v) is 10.4. The van der Waals surface area contributed by atoms with E-state index < -0.39 is 6.17 Å². The molecule has 2 N–H and O–H groups in total. The van der Waals surface area contributed by atoms with E-state index in [0.717, 1.165) is 12.1 Å². The van der Waals surface area contributed by atoms with Gasteiger partial charge in [-0.1, -0.05) is 13.8 Å². The lowest BCUT2D eigenvalue weighted by Gasteiger charge is -2.22. The SMILES string of the molecule is CC(C)C(CN)C(F)CCc1ccnn1C. The number of nitrogens with zero attached hydrogens (tertiary/aromatic N) is 2. The van der Waals surface area contributed by atoms with Crippen LogP contribution in [0.25, 0.3) is 0 Å². The Morgan fingerprint density at radius 3 is 2.62 bits per heavy atom. The molecule has 0 aliphatic rings. The molecule has 0 aromatic carbocycles. The molecule has 1 aromatic heterocycles. The van der Waals surface area contributed by atoms with Gasteiger partial charge in [0.05, 0.1) is 0 Å². The summed E-state index contributed by atoms with van der Waals surface area (Å²) in [4.78, 5) is 0. The van der Waals surface area contributed by atoms with Crippen LogP contribution in [0, 0.1) is 11.8 Å². The summed E-state index contributed by atoms with van der Waals surface area (Å²) in [5.41, 5.74) is 6.67. The van der Waals surface area contributed by atoms with Gasteiger partial charge in [-0.3, -0.25) is 4.68 Å². The standard InChI is InChI=1S/C12H22FN3/c1-9(2)11(8-14)12(13)5-4-10-6-7-15-16(10)3/h6-7,9,11-12H,4-5,8,14H2,1-3H3. The van der Waals surface area contributed by atoms with Crippen LogP contribution in [-0.2, 0) is 13.5 Å². The Balaban J connectivity index is 2.46. The Morgan fingerprint density at radius 1 is 1.50 bits per heavy atom. The van der Waals surface area contributed by atoms with Crippen molar-refractivity contribution in [1.29, 1.82) is 0 Å². The van der Waals surface area contributed by atoms with Crippen LogP contribution in [0.3, 0.4) is 0 Å². The molecule has 0 saturated carbocycles. The number of nitrogens with two attached hydrogens (primary N) is 1. The highest BCUT2D eigenvalue weighted by Gasteiger charge is 2.22. The molecule has 0 aliphatic heterocycles. The maximum atomic E-state index is 13.9. The Morgan fingerprint density at radius 2 is 2.19 bits per heavy atom. The molecule has 92 valence electrons. The van der Waals surface area contributed by atoms with Crippen molar-refractivity contribution in [2.75, 3.05) is 6.54 Å². The van der Waals surface area contributed by atoms with E-state index in [1.54, 1.807) is 10.9 Å². The zero-order chi connectivity index (χ0) is 12.1. The number of hydrogen-bond acceptors (Lipinski definition) is 2. The van der Waals surface area contributed by atoms with E-state index in [-0.39, 0.29) is 5.92 Å². The number of rotatable bonds is 6. The van der Waals surface area contributed by atoms with Crippen LogP contribution in [0.15, 0.2) is 12.3 Å². The van der Waals surface area contributed by atoms with Gasteiger partial charge in [0.2, 0.25) is 0 Å². The number of aromatic nitrogens is 2. The summed E-state index contributed by atoms with van der Waals surface area (Å²) in [6.45, 7) is 4.46. The van der Waals surface area contributed by atoms with Gasteiger partial charge in [0.15, 0.2) is 0 Å². The first kappa shape index (κ1) is 13.2. The lowest BCUT2D eigenvalue weighted by molar-refractivity contribution is 0.175. The van der Waals surface area contributed by atoms with Gasteiger partial charge in [0.25, 0.3) is 0 Å². The molecule has 1 heterocycles. The average molecular weight is 227 g/mol. The minimum absolute atomic E-state index is 0.0340. The van der Waals surface area contributed by atoms with Crippen molar-refractivity contribution < 1.29 is 4.39 Å². The van der Waals surface area contributed by atoms with Crippen LogP contribution < -0.4 is 5.73 Å². The van der Waals surface area contributed by atoms with Crippen molar-refractivity contribution in [1.82, 2.24) is 9.78 Å². The molecule has 1 rings (SSSR count). The van der Waals surface area contributed by atoms with E-state index in [0.29, 0.717) is 18.9 Å². The third-order valence-corrected chi connectivity index (χ3v) is 3.19. The van der Waals surface area contributed by atoms with E-state index in [4.69, 9.17) is 5.73 Å². The molecule has 2 unspecified atom stereocenters. The van der Waals surface area contributed by atoms with Crippen LogP contribution in [0.4, 0.5) is 4.39 Å². The van der Waals surface area contributed by atoms with Gasteiger partial charge in [-0.05, 0) is 31.4 Å². The van der Waals surface area contributed by atoms with E-state index in [2.05, 4.69) is 5.10 Å². The van der Waals surface area contributed by atoms with Crippen molar-refractivity contribution >= 4 is 0 Å². The smallest absolute Gasteiger partial charge is 0.105 e. The van der Waals surface area contributed by atoms with Gasteiger partial charge >= 0.3 is 0 Å². The fourth-order valence-corrected chi connectivity index (χ4v) is 1.98. The minimum atomic E-state index is -0.820. The molecule has 2 atom stereocenters. The first-order valence-corrected chi connectivity index (χ1v) is 5.87. The Kier molecular flexibility index (Phi) is 4.93. The van der Waals surface area contributed by atoms with Crippen molar-refractivity contribution in [2.45, 2.75) is 32.9 Å². The fourth-order valence-electron chi connectivity index (χ4n) is 1.98. The van der Waals surface area contributed by atoms with Crippen molar-refractivity contribution in [2.24, 2.45) is 24.6 Å². The van der Waals surface area contributed by atoms with Crippen molar-refractivity contribution in [3.05, 3.63) is 18.0 Å². The Labute approximate surface area is 96.8 Å². The molecule has 0 amide bonds. The largest absolute Gasteiger partial charge is 0.330 e. The van der Waals surface area contributed by atoms with Crippen LogP contribution in [0.1, 0.15) is 26.0 Å². The summed E-state index contributed by atoms with van der Waals surface area (Å²) in [6, 6.07) is 1.93. The van der Waals surface area contributed by atoms with Gasteiger partial charge in [0.1, 0.15) is 6.17 Å². The third-order valence-electron chi connectivity index (χ3n) is 3.19. The van der Waals surface area contributed by atoms with E-state index in [9.17, 15) is 4.39 Å². The molecule has 0 bridgehead atoms. The van der Waals surface area contributed by atoms with E-state index in [1.807, 2.05) is 27.0 Å². The maximum absolute atomic E-state index is 13.9. The number of hydrogen-bond donors (Lipinski definition) is 1. The minimum Gasteiger partial charge on any atom is -0.330 e. The molecule has 0 fully saturated rings. The van der Waals surface area contributed by atoms with Crippen molar-refractivity contribution in [3.63, 3.8) is 0 Å². The third kappa shape index (κ3) is 3.30. The Bertz CT molecular complexity index is 309. The highest BCUT2D eigenvalue weighted by molar-refractivity contribution is 5.00. The van der Waals surface area contributed by atoms with Gasteiger partial charge in [-0.25, -0.2) is 4.39 Å². The molecular formula is C12H22FN3. The summed E-state index contributed by atoms with van der Waals surface area (Å²) in [7, 11) is 1.88. The monoisotopic (exact) mass is 227 g/mol. The predicted octanol–water partition coefficient (Wildman–Crippen LogP) is 1.92. The molecule has 1 aromatic rings. The predicted molar refractivity (Wildman–Crippen MR) is 63.8 cm³/mol.